The SMILES string of the molecule is Cc1ccc(-c2ccc3c(c2)c2cc4c5cc6c7cc(-c8ccc(C)cc8)ccc7c7cc(-c8c(C(C)C)cc(C(C)C)cc8C(C)C)cc(c5ccc4c4cc(-c5c(C(C)C)cc(C(C)C)cc5C(C)C)cc3c42)c76)cc1. The van der Waals surface area contributed by atoms with E-state index in [4.69, 9.17) is 0 Å². The molecule has 13 rings (SSSR count). The predicted molar refractivity (Wildman–Crippen MR) is 345 cm³/mol. The standard InChI is InChI=1S/C78H74/c1-41(2)53-31-61(43(5)6)75(62(32-53)44(7)8)55-35-69-57-25-23-51(49-19-15-47(13)16-20-49)29-65(57)73-39-67-59(71(37-55)77(69)73)27-28-60-68(67)40-74-66-30-52(50-21-17-48(14)18-22-50)24-26-58(66)70-36-56(38-72(60)78(70)74)76-63(45(9)10)33-54(42(3)4)34-64(76)46(11)12/h15-46H,1-14H3. The number of aryl methyl sites for hydroxylation is 2. The van der Waals surface area contributed by atoms with Crippen LogP contribution in [0.5, 0.6) is 0 Å². The lowest BCUT2D eigenvalue weighted by molar-refractivity contribution is 0.807. The molecule has 0 amide bonds. The van der Waals surface area contributed by atoms with Gasteiger partial charge in [0.2, 0.25) is 0 Å². The first kappa shape index (κ1) is 50.0. The fourth-order valence-corrected chi connectivity index (χ4v) is 13.7. The van der Waals surface area contributed by atoms with Gasteiger partial charge in [-0.1, -0.05) is 203 Å². The molecule has 0 heterocycles. The van der Waals surface area contributed by atoms with E-state index in [1.54, 1.807) is 0 Å². The van der Waals surface area contributed by atoms with Crippen molar-refractivity contribution in [2.24, 2.45) is 0 Å². The van der Waals surface area contributed by atoms with Crippen molar-refractivity contribution in [1.29, 1.82) is 0 Å². The van der Waals surface area contributed by atoms with E-state index in [0.29, 0.717) is 35.5 Å². The van der Waals surface area contributed by atoms with Gasteiger partial charge in [0.25, 0.3) is 0 Å². The van der Waals surface area contributed by atoms with Gasteiger partial charge in [0.15, 0.2) is 0 Å². The van der Waals surface area contributed by atoms with Crippen molar-refractivity contribution in [1.82, 2.24) is 0 Å². The normalized spacial score (nSPS) is 12.7. The minimum absolute atomic E-state index is 0.364. The van der Waals surface area contributed by atoms with Crippen molar-refractivity contribution >= 4 is 86.2 Å². The fraction of sp³-hybridized carbons (Fsp3) is 0.256. The van der Waals surface area contributed by atoms with E-state index < -0.39 is 0 Å². The summed E-state index contributed by atoms with van der Waals surface area (Å²) in [5.74, 6) is 2.35. The Balaban J connectivity index is 1.20. The van der Waals surface area contributed by atoms with Gasteiger partial charge in [0.05, 0.1) is 0 Å². The average Bonchev–Trinajstić information content (AvgIpc) is 4.07. The predicted octanol–water partition coefficient (Wildman–Crippen LogP) is 23.8. The highest BCUT2D eigenvalue weighted by Gasteiger charge is 2.26. The molecular weight excluding hydrogens is 937 g/mol. The van der Waals surface area contributed by atoms with Gasteiger partial charge in [0, 0.05) is 0 Å². The molecule has 0 nitrogen and oxygen atoms in total. The first-order chi connectivity index (χ1) is 37.4. The van der Waals surface area contributed by atoms with Gasteiger partial charge in [-0.25, -0.2) is 0 Å². The summed E-state index contributed by atoms with van der Waals surface area (Å²) in [6.45, 7) is 32.8. The summed E-state index contributed by atoms with van der Waals surface area (Å²) in [7, 11) is 0. The maximum absolute atomic E-state index is 2.59. The highest BCUT2D eigenvalue weighted by molar-refractivity contribution is 6.41. The third-order valence-corrected chi connectivity index (χ3v) is 18.1. The molecular formula is C78H74. The molecule has 386 valence electrons. The molecule has 13 aromatic rings. The van der Waals surface area contributed by atoms with E-state index >= 15 is 0 Å². The Bertz CT molecular complexity index is 4180. The Kier molecular flexibility index (Phi) is 11.9. The number of hydrogen-bond acceptors (Lipinski definition) is 0. The van der Waals surface area contributed by atoms with E-state index in [1.165, 1.54) is 175 Å². The fourth-order valence-electron chi connectivity index (χ4n) is 13.7. The Morgan fingerprint density at radius 3 is 0.731 bits per heavy atom. The second-order valence-electron chi connectivity index (χ2n) is 25.3. The smallest absolute Gasteiger partial charge is 0.00195 e. The van der Waals surface area contributed by atoms with Gasteiger partial charge in [-0.3, -0.25) is 0 Å². The first-order valence-corrected chi connectivity index (χ1v) is 29.2. The Morgan fingerprint density at radius 2 is 0.449 bits per heavy atom. The summed E-state index contributed by atoms with van der Waals surface area (Å²) in [6.07, 6.45) is 0. The molecule has 0 saturated carbocycles. The molecule has 0 heteroatoms. The van der Waals surface area contributed by atoms with Crippen LogP contribution in [-0.2, 0) is 0 Å². The second kappa shape index (κ2) is 18.6. The van der Waals surface area contributed by atoms with E-state index in [9.17, 15) is 0 Å². The van der Waals surface area contributed by atoms with Gasteiger partial charge in [-0.05, 0) is 262 Å². The van der Waals surface area contributed by atoms with E-state index in [1.807, 2.05) is 0 Å². The van der Waals surface area contributed by atoms with Crippen LogP contribution in [0.25, 0.3) is 131 Å². The summed E-state index contributed by atoms with van der Waals surface area (Å²) < 4.78 is 0. The largest absolute Gasteiger partial charge is 0.0587 e. The molecule has 0 radical (unpaired) electrons. The number of rotatable bonds is 10. The molecule has 0 fully saturated rings. The van der Waals surface area contributed by atoms with E-state index in [0.717, 1.165) is 0 Å². The van der Waals surface area contributed by atoms with Crippen LogP contribution in [0.1, 0.15) is 163 Å². The van der Waals surface area contributed by atoms with Crippen molar-refractivity contribution in [3.05, 3.63) is 202 Å². The molecule has 0 unspecified atom stereocenters. The first-order valence-electron chi connectivity index (χ1n) is 29.2. The molecule has 0 bridgehead atoms. The van der Waals surface area contributed by atoms with Gasteiger partial charge >= 0.3 is 0 Å². The molecule has 0 aliphatic rings. The minimum atomic E-state index is 0.364. The average molecular weight is 1010 g/mol. The van der Waals surface area contributed by atoms with Gasteiger partial charge < -0.3 is 0 Å². The highest BCUT2D eigenvalue weighted by atomic mass is 14.3. The highest BCUT2D eigenvalue weighted by Crippen LogP contribution is 2.52. The summed E-state index contributed by atoms with van der Waals surface area (Å²) >= 11 is 0. The molecule has 0 spiro atoms. The van der Waals surface area contributed by atoms with Crippen molar-refractivity contribution in [2.45, 2.75) is 132 Å². The van der Waals surface area contributed by atoms with Crippen LogP contribution in [0.15, 0.2) is 158 Å². The second-order valence-corrected chi connectivity index (χ2v) is 25.3. The number of benzene rings is 11. The van der Waals surface area contributed by atoms with Crippen molar-refractivity contribution in [3.63, 3.8) is 0 Å². The molecule has 0 aromatic heterocycles. The van der Waals surface area contributed by atoms with Gasteiger partial charge in [-0.2, -0.15) is 0 Å². The lowest BCUT2D eigenvalue weighted by Gasteiger charge is -2.24. The summed E-state index contributed by atoms with van der Waals surface area (Å²) in [5.41, 5.74) is 21.7. The van der Waals surface area contributed by atoms with Crippen LogP contribution in [0, 0.1) is 13.8 Å². The monoisotopic (exact) mass is 1010 g/mol. The van der Waals surface area contributed by atoms with Crippen LogP contribution in [0.3, 0.4) is 0 Å². The van der Waals surface area contributed by atoms with Crippen LogP contribution in [0.4, 0.5) is 0 Å². The quantitative estimate of drug-likeness (QED) is 0.120. The summed E-state index contributed by atoms with van der Waals surface area (Å²) in [5, 5.41) is 21.3. The number of fused-ring (bicyclic) bond motifs is 11. The zero-order chi connectivity index (χ0) is 54.3. The topological polar surface area (TPSA) is 0 Å². The van der Waals surface area contributed by atoms with Gasteiger partial charge in [0.1, 0.15) is 0 Å². The molecule has 0 aliphatic heterocycles. The minimum Gasteiger partial charge on any atom is -0.0587 e. The molecule has 0 saturated heterocycles. The Labute approximate surface area is 462 Å². The Hall–Kier alpha value is -7.54. The molecule has 0 atom stereocenters. The third-order valence-electron chi connectivity index (χ3n) is 18.1. The van der Waals surface area contributed by atoms with Crippen LogP contribution < -0.4 is 0 Å². The third kappa shape index (κ3) is 7.83. The zero-order valence-corrected chi connectivity index (χ0v) is 48.5. The molecule has 0 N–H and O–H groups in total. The van der Waals surface area contributed by atoms with Crippen molar-refractivity contribution in [3.8, 4) is 44.5 Å². The van der Waals surface area contributed by atoms with E-state index in [-0.39, 0.29) is 0 Å². The number of hydrogen-bond donors (Lipinski definition) is 0. The lowest BCUT2D eigenvalue weighted by Crippen LogP contribution is -2.03. The van der Waals surface area contributed by atoms with Crippen LogP contribution in [-0.4, -0.2) is 0 Å². The van der Waals surface area contributed by atoms with E-state index in [2.05, 4.69) is 255 Å². The van der Waals surface area contributed by atoms with Crippen LogP contribution in [0.2, 0.25) is 0 Å². The Morgan fingerprint density at radius 1 is 0.205 bits per heavy atom. The van der Waals surface area contributed by atoms with Crippen molar-refractivity contribution in [2.75, 3.05) is 0 Å². The van der Waals surface area contributed by atoms with Crippen LogP contribution >= 0.6 is 0 Å². The molecule has 13 aromatic carbocycles. The zero-order valence-electron chi connectivity index (χ0n) is 48.5. The lowest BCUT2D eigenvalue weighted by atomic mass is 9.80. The maximum Gasteiger partial charge on any atom is -0.00195 e. The molecule has 78 heavy (non-hydrogen) atoms. The van der Waals surface area contributed by atoms with Gasteiger partial charge in [-0.15, -0.1) is 0 Å². The summed E-state index contributed by atoms with van der Waals surface area (Å²) in [6, 6.07) is 63.2. The summed E-state index contributed by atoms with van der Waals surface area (Å²) in [4.78, 5) is 0. The molecule has 0 aliphatic carbocycles. The van der Waals surface area contributed by atoms with Crippen molar-refractivity contribution < 1.29 is 0 Å². The maximum atomic E-state index is 2.59.